The second-order valence-corrected chi connectivity index (χ2v) is 5.41. The number of halogens is 1. The van der Waals surface area contributed by atoms with E-state index in [1.807, 2.05) is 17.5 Å². The van der Waals surface area contributed by atoms with Gasteiger partial charge in [0.05, 0.1) is 6.54 Å². The standard InChI is InChI=1S/C11H19N3S.ClH/c1-2-10-6-13-11(15-10)8-14-5-3-4-9(12)7-14;/h6,9H,2-5,7-8,12H2,1H3;1H. The summed E-state index contributed by atoms with van der Waals surface area (Å²) in [7, 11) is 0. The van der Waals surface area contributed by atoms with E-state index in [1.54, 1.807) is 0 Å². The molecule has 1 saturated heterocycles. The summed E-state index contributed by atoms with van der Waals surface area (Å²) in [6.45, 7) is 5.36. The van der Waals surface area contributed by atoms with Gasteiger partial charge in [-0.05, 0) is 25.8 Å². The summed E-state index contributed by atoms with van der Waals surface area (Å²) >= 11 is 1.83. The van der Waals surface area contributed by atoms with Gasteiger partial charge in [0.15, 0.2) is 0 Å². The highest BCUT2D eigenvalue weighted by Crippen LogP contribution is 2.17. The lowest BCUT2D eigenvalue weighted by Gasteiger charge is -2.29. The van der Waals surface area contributed by atoms with E-state index in [9.17, 15) is 0 Å². The van der Waals surface area contributed by atoms with Crippen LogP contribution in [0.4, 0.5) is 0 Å². The first-order valence-corrected chi connectivity index (χ1v) is 6.51. The van der Waals surface area contributed by atoms with Crippen LogP contribution >= 0.6 is 23.7 Å². The monoisotopic (exact) mass is 261 g/mol. The van der Waals surface area contributed by atoms with Crippen molar-refractivity contribution in [2.75, 3.05) is 13.1 Å². The Kier molecular flexibility index (Phi) is 5.69. The number of hydrogen-bond donors (Lipinski definition) is 1. The summed E-state index contributed by atoms with van der Waals surface area (Å²) in [5, 5.41) is 1.24. The molecule has 5 heteroatoms. The first-order valence-electron chi connectivity index (χ1n) is 5.69. The van der Waals surface area contributed by atoms with E-state index in [1.165, 1.54) is 29.3 Å². The first-order chi connectivity index (χ1) is 7.28. The third kappa shape index (κ3) is 3.70. The molecule has 2 N–H and O–H groups in total. The molecule has 0 aromatic carbocycles. The van der Waals surface area contributed by atoms with Crippen LogP contribution < -0.4 is 5.73 Å². The summed E-state index contributed by atoms with van der Waals surface area (Å²) in [5.41, 5.74) is 5.95. The molecular weight excluding hydrogens is 242 g/mol. The van der Waals surface area contributed by atoms with E-state index >= 15 is 0 Å². The Morgan fingerprint density at radius 3 is 3.06 bits per heavy atom. The fraction of sp³-hybridized carbons (Fsp3) is 0.727. The highest BCUT2D eigenvalue weighted by molar-refractivity contribution is 7.11. The zero-order valence-corrected chi connectivity index (χ0v) is 11.3. The molecule has 92 valence electrons. The molecule has 0 saturated carbocycles. The zero-order valence-electron chi connectivity index (χ0n) is 9.69. The fourth-order valence-electron chi connectivity index (χ4n) is 2.01. The van der Waals surface area contributed by atoms with E-state index in [0.29, 0.717) is 6.04 Å². The van der Waals surface area contributed by atoms with Gasteiger partial charge in [-0.15, -0.1) is 23.7 Å². The molecule has 3 nitrogen and oxygen atoms in total. The fourth-order valence-corrected chi connectivity index (χ4v) is 2.92. The minimum Gasteiger partial charge on any atom is -0.327 e. The van der Waals surface area contributed by atoms with E-state index in [4.69, 9.17) is 5.73 Å². The quantitative estimate of drug-likeness (QED) is 0.906. The number of aryl methyl sites for hydroxylation is 1. The normalized spacial score (nSPS) is 21.8. The van der Waals surface area contributed by atoms with Crippen molar-refractivity contribution in [1.82, 2.24) is 9.88 Å². The van der Waals surface area contributed by atoms with E-state index in [2.05, 4.69) is 16.8 Å². The van der Waals surface area contributed by atoms with Crippen LogP contribution in [0.5, 0.6) is 0 Å². The minimum atomic E-state index is 0. The van der Waals surface area contributed by atoms with Gasteiger partial charge in [-0.25, -0.2) is 4.98 Å². The maximum absolute atomic E-state index is 5.95. The summed E-state index contributed by atoms with van der Waals surface area (Å²) in [4.78, 5) is 8.25. The van der Waals surface area contributed by atoms with E-state index in [0.717, 1.165) is 19.5 Å². The number of thiazole rings is 1. The van der Waals surface area contributed by atoms with Crippen LogP contribution in [0, 0.1) is 0 Å². The van der Waals surface area contributed by atoms with Crippen LogP contribution in [-0.2, 0) is 13.0 Å². The number of aromatic nitrogens is 1. The topological polar surface area (TPSA) is 42.2 Å². The molecule has 1 aliphatic heterocycles. The van der Waals surface area contributed by atoms with Crippen molar-refractivity contribution in [3.05, 3.63) is 16.1 Å². The van der Waals surface area contributed by atoms with E-state index < -0.39 is 0 Å². The lowest BCUT2D eigenvalue weighted by Crippen LogP contribution is -2.42. The van der Waals surface area contributed by atoms with Crippen molar-refractivity contribution < 1.29 is 0 Å². The number of hydrogen-bond acceptors (Lipinski definition) is 4. The highest BCUT2D eigenvalue weighted by atomic mass is 35.5. The second-order valence-electron chi connectivity index (χ2n) is 4.21. The summed E-state index contributed by atoms with van der Waals surface area (Å²) < 4.78 is 0. The maximum Gasteiger partial charge on any atom is 0.107 e. The molecule has 0 bridgehead atoms. The Hall–Kier alpha value is -0.160. The molecule has 2 heterocycles. The number of nitrogens with zero attached hydrogens (tertiary/aromatic N) is 2. The number of likely N-dealkylation sites (tertiary alicyclic amines) is 1. The summed E-state index contributed by atoms with van der Waals surface area (Å²) in [5.74, 6) is 0. The highest BCUT2D eigenvalue weighted by Gasteiger charge is 2.17. The van der Waals surface area contributed by atoms with Gasteiger partial charge in [-0.3, -0.25) is 4.90 Å². The van der Waals surface area contributed by atoms with Crippen molar-refractivity contribution in [3.8, 4) is 0 Å². The Bertz CT molecular complexity index is 316. The molecule has 1 atom stereocenters. The van der Waals surface area contributed by atoms with Crippen LogP contribution in [0.2, 0.25) is 0 Å². The van der Waals surface area contributed by atoms with Gasteiger partial charge in [0, 0.05) is 23.7 Å². The third-order valence-electron chi connectivity index (χ3n) is 2.85. The van der Waals surface area contributed by atoms with Gasteiger partial charge >= 0.3 is 0 Å². The van der Waals surface area contributed by atoms with Crippen molar-refractivity contribution in [1.29, 1.82) is 0 Å². The Morgan fingerprint density at radius 2 is 2.44 bits per heavy atom. The van der Waals surface area contributed by atoms with Crippen molar-refractivity contribution in [2.45, 2.75) is 38.8 Å². The van der Waals surface area contributed by atoms with Crippen LogP contribution in [0.3, 0.4) is 0 Å². The van der Waals surface area contributed by atoms with Gasteiger partial charge in [0.2, 0.25) is 0 Å². The SMILES string of the molecule is CCc1cnc(CN2CCCC(N)C2)s1.Cl. The Labute approximate surface area is 107 Å². The predicted octanol–water partition coefficient (Wildman–Crippen LogP) is 2.05. The lowest BCUT2D eigenvalue weighted by atomic mass is 10.1. The zero-order chi connectivity index (χ0) is 10.7. The Balaban J connectivity index is 0.00000128. The largest absolute Gasteiger partial charge is 0.327 e. The molecule has 0 amide bonds. The lowest BCUT2D eigenvalue weighted by molar-refractivity contribution is 0.201. The van der Waals surface area contributed by atoms with Crippen LogP contribution in [0.1, 0.15) is 29.7 Å². The minimum absolute atomic E-state index is 0. The van der Waals surface area contributed by atoms with Crippen LogP contribution in [0.25, 0.3) is 0 Å². The molecule has 2 rings (SSSR count). The van der Waals surface area contributed by atoms with Crippen molar-refractivity contribution >= 4 is 23.7 Å². The predicted molar refractivity (Wildman–Crippen MR) is 71.2 cm³/mol. The van der Waals surface area contributed by atoms with Gasteiger partial charge in [-0.2, -0.15) is 0 Å². The molecule has 1 aromatic rings. The van der Waals surface area contributed by atoms with Crippen molar-refractivity contribution in [3.63, 3.8) is 0 Å². The first kappa shape index (κ1) is 13.9. The van der Waals surface area contributed by atoms with E-state index in [-0.39, 0.29) is 12.4 Å². The molecule has 0 spiro atoms. The van der Waals surface area contributed by atoms with Crippen LogP contribution in [-0.4, -0.2) is 29.0 Å². The Morgan fingerprint density at radius 1 is 1.62 bits per heavy atom. The molecule has 0 radical (unpaired) electrons. The summed E-state index contributed by atoms with van der Waals surface area (Å²) in [6, 6.07) is 0.365. The second kappa shape index (κ2) is 6.55. The third-order valence-corrected chi connectivity index (χ3v) is 3.98. The van der Waals surface area contributed by atoms with Gasteiger partial charge in [0.25, 0.3) is 0 Å². The average molecular weight is 262 g/mol. The molecule has 0 aliphatic carbocycles. The average Bonchev–Trinajstić information content (AvgIpc) is 2.65. The molecule has 1 aliphatic rings. The van der Waals surface area contributed by atoms with Crippen molar-refractivity contribution in [2.24, 2.45) is 5.73 Å². The maximum atomic E-state index is 5.95. The smallest absolute Gasteiger partial charge is 0.107 e. The molecule has 1 aromatic heterocycles. The number of piperidine rings is 1. The van der Waals surface area contributed by atoms with Gasteiger partial charge < -0.3 is 5.73 Å². The molecule has 1 unspecified atom stereocenters. The van der Waals surface area contributed by atoms with Gasteiger partial charge in [-0.1, -0.05) is 6.92 Å². The van der Waals surface area contributed by atoms with Gasteiger partial charge in [0.1, 0.15) is 5.01 Å². The van der Waals surface area contributed by atoms with Crippen LogP contribution in [0.15, 0.2) is 6.20 Å². The molecule has 1 fully saturated rings. The number of rotatable bonds is 3. The molecular formula is C11H20ClN3S. The summed E-state index contributed by atoms with van der Waals surface area (Å²) in [6.07, 6.45) is 5.50. The number of nitrogens with two attached hydrogens (primary N) is 1. The molecule has 16 heavy (non-hydrogen) atoms.